The topological polar surface area (TPSA) is 85.9 Å². The van der Waals surface area contributed by atoms with Crippen molar-refractivity contribution in [1.29, 1.82) is 0 Å². The van der Waals surface area contributed by atoms with Crippen molar-refractivity contribution in [3.8, 4) is 0 Å². The maximum Gasteiger partial charge on any atom is 0.295 e. The van der Waals surface area contributed by atoms with Crippen LogP contribution in [0.2, 0.25) is 0 Å². The van der Waals surface area contributed by atoms with Gasteiger partial charge in [0.25, 0.3) is 11.7 Å². The standard InChI is InChI=1S/C24H28FN3O4/c1-14-15(2)26-16(3)19(14)22(29)20-21(17-6-4-5-7-18(17)25)28(24(31)23(20)30)9-8-27-10-12-32-13-11-27/h4-7,21,26,29H,8-13H2,1-3H3/b22-20+. The van der Waals surface area contributed by atoms with Gasteiger partial charge in [0.05, 0.1) is 24.8 Å². The van der Waals surface area contributed by atoms with Gasteiger partial charge in [-0.15, -0.1) is 0 Å². The Hall–Kier alpha value is -2.97. The number of nitrogens with zero attached hydrogens (tertiary/aromatic N) is 2. The van der Waals surface area contributed by atoms with Crippen molar-refractivity contribution in [3.63, 3.8) is 0 Å². The van der Waals surface area contributed by atoms with Gasteiger partial charge in [0.2, 0.25) is 0 Å². The van der Waals surface area contributed by atoms with Crippen LogP contribution in [-0.2, 0) is 14.3 Å². The summed E-state index contributed by atoms with van der Waals surface area (Å²) >= 11 is 0. The third kappa shape index (κ3) is 3.84. The number of amides is 1. The van der Waals surface area contributed by atoms with Crippen molar-refractivity contribution in [1.82, 2.24) is 14.8 Å². The minimum atomic E-state index is -0.994. The van der Waals surface area contributed by atoms with E-state index < -0.39 is 23.5 Å². The largest absolute Gasteiger partial charge is 0.507 e. The highest BCUT2D eigenvalue weighted by Gasteiger charge is 2.47. The van der Waals surface area contributed by atoms with Gasteiger partial charge in [0.1, 0.15) is 11.6 Å². The van der Waals surface area contributed by atoms with Crippen LogP contribution >= 0.6 is 0 Å². The fourth-order valence-electron chi connectivity index (χ4n) is 4.60. The molecular formula is C24H28FN3O4. The number of nitrogens with one attached hydrogen (secondary N) is 1. The molecule has 2 fully saturated rings. The minimum Gasteiger partial charge on any atom is -0.507 e. The Morgan fingerprint density at radius 1 is 1.12 bits per heavy atom. The molecule has 7 nitrogen and oxygen atoms in total. The van der Waals surface area contributed by atoms with Crippen LogP contribution in [0.5, 0.6) is 0 Å². The lowest BCUT2D eigenvalue weighted by Gasteiger charge is -2.31. The predicted molar refractivity (Wildman–Crippen MR) is 118 cm³/mol. The summed E-state index contributed by atoms with van der Waals surface area (Å²) in [6.07, 6.45) is 0. The molecule has 2 aliphatic heterocycles. The van der Waals surface area contributed by atoms with Crippen LogP contribution in [0.15, 0.2) is 29.8 Å². The number of hydrogen-bond donors (Lipinski definition) is 2. The molecule has 170 valence electrons. The predicted octanol–water partition coefficient (Wildman–Crippen LogP) is 2.83. The number of H-pyrrole nitrogens is 1. The fourth-order valence-corrected chi connectivity index (χ4v) is 4.60. The van der Waals surface area contributed by atoms with Crippen LogP contribution in [0, 0.1) is 26.6 Å². The first-order valence-corrected chi connectivity index (χ1v) is 10.8. The summed E-state index contributed by atoms with van der Waals surface area (Å²) in [5, 5.41) is 11.3. The van der Waals surface area contributed by atoms with Gasteiger partial charge in [-0.05, 0) is 32.4 Å². The first-order chi connectivity index (χ1) is 15.3. The number of halogens is 1. The van der Waals surface area contributed by atoms with E-state index in [9.17, 15) is 19.1 Å². The minimum absolute atomic E-state index is 0.0766. The Bertz CT molecular complexity index is 1080. The Kier molecular flexibility index (Phi) is 6.17. The normalized spacial score (nSPS) is 21.5. The number of carbonyl (C=O) groups excluding carboxylic acids is 2. The summed E-state index contributed by atoms with van der Waals surface area (Å²) in [5.74, 6) is -2.32. The average Bonchev–Trinajstić information content (AvgIpc) is 3.18. The molecule has 1 aromatic carbocycles. The van der Waals surface area contributed by atoms with E-state index in [4.69, 9.17) is 4.74 Å². The number of carbonyl (C=O) groups is 2. The molecule has 2 N–H and O–H groups in total. The van der Waals surface area contributed by atoms with Gasteiger partial charge < -0.3 is 19.7 Å². The van der Waals surface area contributed by atoms with Crippen molar-refractivity contribution >= 4 is 17.4 Å². The molecule has 3 heterocycles. The molecule has 2 aromatic rings. The SMILES string of the molecule is Cc1[nH]c(C)c(/C(O)=C2\C(=O)C(=O)N(CCN3CCOCC3)C2c2ccccc2F)c1C. The van der Waals surface area contributed by atoms with Gasteiger partial charge >= 0.3 is 0 Å². The Morgan fingerprint density at radius 2 is 1.81 bits per heavy atom. The number of hydrogen-bond acceptors (Lipinski definition) is 5. The zero-order chi connectivity index (χ0) is 23.0. The van der Waals surface area contributed by atoms with E-state index in [0.717, 1.165) is 24.3 Å². The van der Waals surface area contributed by atoms with Gasteiger partial charge in [-0.3, -0.25) is 14.5 Å². The molecular weight excluding hydrogens is 413 g/mol. The van der Waals surface area contributed by atoms with E-state index in [-0.39, 0.29) is 23.4 Å². The van der Waals surface area contributed by atoms with E-state index in [0.29, 0.717) is 31.0 Å². The number of ether oxygens (including phenoxy) is 1. The van der Waals surface area contributed by atoms with Crippen molar-refractivity contribution < 1.29 is 23.8 Å². The highest BCUT2D eigenvalue weighted by atomic mass is 19.1. The van der Waals surface area contributed by atoms with Crippen LogP contribution in [0.25, 0.3) is 5.76 Å². The highest BCUT2D eigenvalue weighted by Crippen LogP contribution is 2.41. The Balaban J connectivity index is 1.80. The molecule has 32 heavy (non-hydrogen) atoms. The van der Waals surface area contributed by atoms with Crippen molar-refractivity contribution in [2.75, 3.05) is 39.4 Å². The van der Waals surface area contributed by atoms with Gasteiger partial charge in [-0.25, -0.2) is 4.39 Å². The lowest BCUT2D eigenvalue weighted by atomic mass is 9.94. The van der Waals surface area contributed by atoms with E-state index in [1.807, 2.05) is 13.8 Å². The lowest BCUT2D eigenvalue weighted by molar-refractivity contribution is -0.140. The molecule has 0 spiro atoms. The van der Waals surface area contributed by atoms with Crippen LogP contribution in [0.1, 0.15) is 34.1 Å². The van der Waals surface area contributed by atoms with Crippen LogP contribution in [0.4, 0.5) is 4.39 Å². The highest BCUT2D eigenvalue weighted by molar-refractivity contribution is 6.46. The fraction of sp³-hybridized carbons (Fsp3) is 0.417. The number of morpholine rings is 1. The van der Waals surface area contributed by atoms with Crippen LogP contribution < -0.4 is 0 Å². The molecule has 0 aliphatic carbocycles. The summed E-state index contributed by atoms with van der Waals surface area (Å²) in [7, 11) is 0. The van der Waals surface area contributed by atoms with Gasteiger partial charge in [-0.1, -0.05) is 18.2 Å². The average molecular weight is 442 g/mol. The van der Waals surface area contributed by atoms with Crippen molar-refractivity contribution in [2.45, 2.75) is 26.8 Å². The first-order valence-electron chi connectivity index (χ1n) is 10.8. The third-order valence-corrected chi connectivity index (χ3v) is 6.42. The van der Waals surface area contributed by atoms with Gasteiger partial charge in [0.15, 0.2) is 0 Å². The second kappa shape index (κ2) is 8.88. The summed E-state index contributed by atoms with van der Waals surface area (Å²) in [6, 6.07) is 5.09. The second-order valence-corrected chi connectivity index (χ2v) is 8.34. The molecule has 1 aromatic heterocycles. The number of Topliss-reactive ketones (excluding diaryl/α,β-unsaturated/α-hetero) is 1. The molecule has 0 saturated carbocycles. The molecule has 1 atom stereocenters. The van der Waals surface area contributed by atoms with E-state index in [1.165, 1.54) is 11.0 Å². The molecule has 2 saturated heterocycles. The Morgan fingerprint density at radius 3 is 2.44 bits per heavy atom. The summed E-state index contributed by atoms with van der Waals surface area (Å²) in [4.78, 5) is 32.9. The summed E-state index contributed by atoms with van der Waals surface area (Å²) in [6.45, 7) is 8.95. The molecule has 1 unspecified atom stereocenters. The number of likely N-dealkylation sites (tertiary alicyclic amines) is 1. The monoisotopic (exact) mass is 441 g/mol. The van der Waals surface area contributed by atoms with Crippen LogP contribution in [-0.4, -0.2) is 71.0 Å². The quantitative estimate of drug-likeness (QED) is 0.423. The molecule has 0 bridgehead atoms. The number of aryl methyl sites for hydroxylation is 2. The molecule has 4 rings (SSSR count). The number of aromatic nitrogens is 1. The maximum absolute atomic E-state index is 14.9. The number of aromatic amines is 1. The number of benzene rings is 1. The Labute approximate surface area is 186 Å². The molecule has 1 amide bonds. The maximum atomic E-state index is 14.9. The zero-order valence-corrected chi connectivity index (χ0v) is 18.6. The number of ketones is 1. The number of aliphatic hydroxyl groups is 1. The van der Waals surface area contributed by atoms with Crippen LogP contribution in [0.3, 0.4) is 0 Å². The zero-order valence-electron chi connectivity index (χ0n) is 18.6. The van der Waals surface area contributed by atoms with E-state index >= 15 is 0 Å². The van der Waals surface area contributed by atoms with Gasteiger partial charge in [0, 0.05) is 48.7 Å². The molecule has 8 heteroatoms. The third-order valence-electron chi connectivity index (χ3n) is 6.42. The molecule has 2 aliphatic rings. The first kappa shape index (κ1) is 22.2. The van der Waals surface area contributed by atoms with E-state index in [2.05, 4.69) is 9.88 Å². The van der Waals surface area contributed by atoms with Crippen molar-refractivity contribution in [3.05, 3.63) is 63.7 Å². The summed E-state index contributed by atoms with van der Waals surface area (Å²) in [5.41, 5.74) is 2.92. The van der Waals surface area contributed by atoms with Gasteiger partial charge in [-0.2, -0.15) is 0 Å². The number of rotatable bonds is 5. The lowest BCUT2D eigenvalue weighted by Crippen LogP contribution is -2.42. The van der Waals surface area contributed by atoms with E-state index in [1.54, 1.807) is 25.1 Å². The molecule has 0 radical (unpaired) electrons. The number of aliphatic hydroxyl groups excluding tert-OH is 1. The second-order valence-electron chi connectivity index (χ2n) is 8.34. The van der Waals surface area contributed by atoms with Crippen molar-refractivity contribution in [2.24, 2.45) is 0 Å². The smallest absolute Gasteiger partial charge is 0.295 e. The summed E-state index contributed by atoms with van der Waals surface area (Å²) < 4.78 is 20.2.